The van der Waals surface area contributed by atoms with Crippen LogP contribution in [0.5, 0.6) is 0 Å². The number of ether oxygens (including phenoxy) is 1. The van der Waals surface area contributed by atoms with E-state index in [0.717, 1.165) is 66.2 Å². The molecule has 150 valence electrons. The fourth-order valence-corrected chi connectivity index (χ4v) is 4.67. The van der Waals surface area contributed by atoms with Crippen LogP contribution in [-0.4, -0.2) is 55.8 Å². The molecule has 0 aliphatic carbocycles. The summed E-state index contributed by atoms with van der Waals surface area (Å²) < 4.78 is 7.45. The standard InChI is InChI=1S/C20H23N7OS/c1-13-14(2)29-20-18(13)19(22-15(23-20)12-26-7-9-28-10-8-26)21-11-17-25-24-16-5-3-4-6-27(16)17/h3-6H,7-12H2,1-2H3,(H,21,22,23). The summed E-state index contributed by atoms with van der Waals surface area (Å²) in [7, 11) is 0. The first-order valence-electron chi connectivity index (χ1n) is 9.78. The van der Waals surface area contributed by atoms with E-state index in [0.29, 0.717) is 6.54 Å². The average molecular weight is 410 g/mol. The van der Waals surface area contributed by atoms with Crippen LogP contribution >= 0.6 is 11.3 Å². The first-order chi connectivity index (χ1) is 14.2. The molecule has 5 rings (SSSR count). The Morgan fingerprint density at radius 1 is 1.14 bits per heavy atom. The van der Waals surface area contributed by atoms with Crippen molar-refractivity contribution in [2.75, 3.05) is 31.6 Å². The minimum Gasteiger partial charge on any atom is -0.379 e. The number of thiophene rings is 1. The average Bonchev–Trinajstić information content (AvgIpc) is 3.28. The molecule has 1 aliphatic rings. The molecule has 1 aliphatic heterocycles. The zero-order valence-electron chi connectivity index (χ0n) is 16.6. The first kappa shape index (κ1) is 18.4. The minimum atomic E-state index is 0.544. The van der Waals surface area contributed by atoms with E-state index in [9.17, 15) is 0 Å². The van der Waals surface area contributed by atoms with Crippen molar-refractivity contribution < 1.29 is 4.74 Å². The number of nitrogens with zero attached hydrogens (tertiary/aromatic N) is 6. The Morgan fingerprint density at radius 3 is 2.86 bits per heavy atom. The van der Waals surface area contributed by atoms with E-state index < -0.39 is 0 Å². The predicted molar refractivity (Wildman–Crippen MR) is 113 cm³/mol. The van der Waals surface area contributed by atoms with Crippen LogP contribution in [0.25, 0.3) is 15.9 Å². The Kier molecular flexibility index (Phi) is 4.86. The lowest BCUT2D eigenvalue weighted by molar-refractivity contribution is 0.0331. The van der Waals surface area contributed by atoms with Gasteiger partial charge in [0.2, 0.25) is 0 Å². The van der Waals surface area contributed by atoms with E-state index in [4.69, 9.17) is 14.7 Å². The zero-order valence-corrected chi connectivity index (χ0v) is 17.4. The number of anilines is 1. The second kappa shape index (κ2) is 7.66. The first-order valence-corrected chi connectivity index (χ1v) is 10.6. The number of pyridine rings is 1. The molecule has 1 saturated heterocycles. The molecule has 0 amide bonds. The van der Waals surface area contributed by atoms with Crippen LogP contribution in [0.1, 0.15) is 22.1 Å². The van der Waals surface area contributed by atoms with Crippen molar-refractivity contribution in [3.8, 4) is 0 Å². The Morgan fingerprint density at radius 2 is 2.00 bits per heavy atom. The van der Waals surface area contributed by atoms with Gasteiger partial charge in [-0.25, -0.2) is 9.97 Å². The van der Waals surface area contributed by atoms with Crippen LogP contribution in [0.3, 0.4) is 0 Å². The lowest BCUT2D eigenvalue weighted by atomic mass is 10.2. The van der Waals surface area contributed by atoms with E-state index >= 15 is 0 Å². The Labute approximate surface area is 172 Å². The van der Waals surface area contributed by atoms with E-state index in [2.05, 4.69) is 34.3 Å². The lowest BCUT2D eigenvalue weighted by Crippen LogP contribution is -2.36. The van der Waals surface area contributed by atoms with E-state index in [-0.39, 0.29) is 0 Å². The maximum absolute atomic E-state index is 5.46. The molecule has 0 bridgehead atoms. The van der Waals surface area contributed by atoms with Gasteiger partial charge in [-0.1, -0.05) is 6.07 Å². The van der Waals surface area contributed by atoms with Gasteiger partial charge in [0.05, 0.1) is 31.7 Å². The molecule has 1 fully saturated rings. The summed E-state index contributed by atoms with van der Waals surface area (Å²) in [6.45, 7) is 8.92. The molecule has 0 aromatic carbocycles. The largest absolute Gasteiger partial charge is 0.379 e. The van der Waals surface area contributed by atoms with Crippen molar-refractivity contribution >= 4 is 33.0 Å². The Balaban J connectivity index is 1.47. The van der Waals surface area contributed by atoms with Crippen LogP contribution in [0, 0.1) is 13.8 Å². The maximum atomic E-state index is 5.46. The molecule has 0 radical (unpaired) electrons. The molecule has 9 heteroatoms. The second-order valence-electron chi connectivity index (χ2n) is 7.24. The number of hydrogen-bond donors (Lipinski definition) is 1. The van der Waals surface area contributed by atoms with Gasteiger partial charge in [-0.05, 0) is 31.5 Å². The normalized spacial score (nSPS) is 15.4. The van der Waals surface area contributed by atoms with Crippen LogP contribution in [0.15, 0.2) is 24.4 Å². The van der Waals surface area contributed by atoms with Gasteiger partial charge in [-0.2, -0.15) is 0 Å². The topological polar surface area (TPSA) is 80.5 Å². The third kappa shape index (κ3) is 3.57. The highest BCUT2D eigenvalue weighted by Crippen LogP contribution is 2.33. The van der Waals surface area contributed by atoms with Crippen molar-refractivity contribution in [3.05, 3.63) is 46.5 Å². The van der Waals surface area contributed by atoms with Gasteiger partial charge in [0, 0.05) is 24.2 Å². The summed E-state index contributed by atoms with van der Waals surface area (Å²) in [6.07, 6.45) is 1.98. The Bertz CT molecular complexity index is 1160. The Hall–Kier alpha value is -2.62. The van der Waals surface area contributed by atoms with Crippen molar-refractivity contribution in [2.24, 2.45) is 0 Å². The molecular formula is C20H23N7OS. The molecule has 1 N–H and O–H groups in total. The zero-order chi connectivity index (χ0) is 19.8. The SMILES string of the molecule is Cc1sc2nc(CN3CCOCC3)nc(NCc3nnc4ccccn34)c2c1C. The van der Waals surface area contributed by atoms with Gasteiger partial charge in [0.1, 0.15) is 16.5 Å². The highest BCUT2D eigenvalue weighted by atomic mass is 32.1. The van der Waals surface area contributed by atoms with Gasteiger partial charge < -0.3 is 10.1 Å². The van der Waals surface area contributed by atoms with Gasteiger partial charge >= 0.3 is 0 Å². The fourth-order valence-electron chi connectivity index (χ4n) is 3.63. The summed E-state index contributed by atoms with van der Waals surface area (Å²) in [5, 5.41) is 13.2. The molecule has 4 aromatic heterocycles. The number of morpholine rings is 1. The maximum Gasteiger partial charge on any atom is 0.160 e. The fraction of sp³-hybridized carbons (Fsp3) is 0.400. The van der Waals surface area contributed by atoms with Crippen molar-refractivity contribution in [1.29, 1.82) is 0 Å². The van der Waals surface area contributed by atoms with Crippen molar-refractivity contribution in [3.63, 3.8) is 0 Å². The molecule has 5 heterocycles. The molecule has 4 aromatic rings. The summed E-state index contributed by atoms with van der Waals surface area (Å²) in [5.41, 5.74) is 2.07. The third-order valence-electron chi connectivity index (χ3n) is 5.34. The van der Waals surface area contributed by atoms with Gasteiger partial charge in [-0.3, -0.25) is 9.30 Å². The lowest BCUT2D eigenvalue weighted by Gasteiger charge is -2.25. The minimum absolute atomic E-state index is 0.544. The van der Waals surface area contributed by atoms with E-state index in [1.165, 1.54) is 10.4 Å². The summed E-state index contributed by atoms with van der Waals surface area (Å²) in [5.74, 6) is 2.56. The number of hydrogen-bond acceptors (Lipinski definition) is 8. The molecule has 29 heavy (non-hydrogen) atoms. The molecule has 0 saturated carbocycles. The highest BCUT2D eigenvalue weighted by Gasteiger charge is 2.18. The van der Waals surface area contributed by atoms with Crippen LogP contribution < -0.4 is 5.32 Å². The molecule has 0 spiro atoms. The smallest absolute Gasteiger partial charge is 0.160 e. The van der Waals surface area contributed by atoms with Crippen molar-refractivity contribution in [1.82, 2.24) is 29.5 Å². The summed E-state index contributed by atoms with van der Waals surface area (Å²) in [4.78, 5) is 14.4. The quantitative estimate of drug-likeness (QED) is 0.543. The predicted octanol–water partition coefficient (Wildman–Crippen LogP) is 2.80. The number of nitrogens with one attached hydrogen (secondary N) is 1. The number of fused-ring (bicyclic) bond motifs is 2. The second-order valence-corrected chi connectivity index (χ2v) is 8.44. The number of aryl methyl sites for hydroxylation is 2. The third-order valence-corrected chi connectivity index (χ3v) is 6.44. The molecule has 0 atom stereocenters. The van der Waals surface area contributed by atoms with Gasteiger partial charge in [0.25, 0.3) is 0 Å². The number of rotatable bonds is 5. The van der Waals surface area contributed by atoms with Gasteiger partial charge in [-0.15, -0.1) is 21.5 Å². The van der Waals surface area contributed by atoms with E-state index in [1.54, 1.807) is 11.3 Å². The van der Waals surface area contributed by atoms with Crippen molar-refractivity contribution in [2.45, 2.75) is 26.9 Å². The van der Waals surface area contributed by atoms with Crippen LogP contribution in [0.2, 0.25) is 0 Å². The summed E-state index contributed by atoms with van der Waals surface area (Å²) in [6, 6.07) is 5.90. The summed E-state index contributed by atoms with van der Waals surface area (Å²) >= 11 is 1.73. The van der Waals surface area contributed by atoms with E-state index in [1.807, 2.05) is 28.8 Å². The molecule has 0 unspecified atom stereocenters. The molecular weight excluding hydrogens is 386 g/mol. The number of aromatic nitrogens is 5. The van der Waals surface area contributed by atoms with Crippen LogP contribution in [0.4, 0.5) is 5.82 Å². The van der Waals surface area contributed by atoms with Gasteiger partial charge in [0.15, 0.2) is 11.5 Å². The van der Waals surface area contributed by atoms with Crippen LogP contribution in [-0.2, 0) is 17.8 Å². The highest BCUT2D eigenvalue weighted by molar-refractivity contribution is 7.18. The monoisotopic (exact) mass is 409 g/mol. The molecule has 8 nitrogen and oxygen atoms in total.